The van der Waals surface area contributed by atoms with Crippen LogP contribution in [0, 0.1) is 23.7 Å². The normalized spacial score (nSPS) is 32.1. The van der Waals surface area contributed by atoms with Crippen molar-refractivity contribution in [2.24, 2.45) is 23.7 Å². The third kappa shape index (κ3) is 4.27. The van der Waals surface area contributed by atoms with Crippen LogP contribution in [0.1, 0.15) is 73.5 Å². The standard InChI is InChI=1S/C42H40O/c1-2-10-27(11-3-1)28-18-20-29(21-19-28)41-34-14-6-8-16-36(34)42(37-17-9-7-15-35(37)41)32-22-23-33-38-24-30-12-4-5-13-31(30)25-40(38)43-39(33)26-32/h1-8,10,12-16,18,20-21,24-25,27-28,32-33,37,39,42H,9,11,17,19,22-23,26H2. The van der Waals surface area contributed by atoms with Crippen LogP contribution >= 0.6 is 0 Å². The molecule has 0 amide bonds. The van der Waals surface area contributed by atoms with Crippen LogP contribution in [0.25, 0.3) is 16.3 Å². The summed E-state index contributed by atoms with van der Waals surface area (Å²) in [4.78, 5) is 0. The second kappa shape index (κ2) is 10.4. The highest BCUT2D eigenvalue weighted by atomic mass is 16.5. The molecule has 0 bridgehead atoms. The molecule has 7 unspecified atom stereocenters. The molecule has 1 nitrogen and oxygen atoms in total. The van der Waals surface area contributed by atoms with Crippen molar-refractivity contribution in [2.75, 3.05) is 0 Å². The van der Waals surface area contributed by atoms with Gasteiger partial charge in [-0.05, 0) is 125 Å². The maximum atomic E-state index is 6.79. The minimum Gasteiger partial charge on any atom is -0.489 e. The van der Waals surface area contributed by atoms with Crippen molar-refractivity contribution in [3.8, 4) is 5.75 Å². The van der Waals surface area contributed by atoms with Crippen molar-refractivity contribution < 1.29 is 4.74 Å². The summed E-state index contributed by atoms with van der Waals surface area (Å²) in [5, 5.41) is 2.63. The van der Waals surface area contributed by atoms with Crippen molar-refractivity contribution in [2.45, 2.75) is 62.9 Å². The SMILES string of the molecule is C1=CCC(C2C=CC(C3=C4C=CCCC4C(C4CCC5c6cc7ccccc7cc6OC5C4)c4ccccc43)=CC2)C=C1. The predicted molar refractivity (Wildman–Crippen MR) is 178 cm³/mol. The summed E-state index contributed by atoms with van der Waals surface area (Å²) < 4.78 is 6.79. The average Bonchev–Trinajstić information content (AvgIpc) is 3.43. The molecule has 1 aliphatic heterocycles. The van der Waals surface area contributed by atoms with Gasteiger partial charge in [0.1, 0.15) is 11.9 Å². The van der Waals surface area contributed by atoms with Gasteiger partial charge in [-0.2, -0.15) is 0 Å². The van der Waals surface area contributed by atoms with Gasteiger partial charge < -0.3 is 4.74 Å². The molecule has 43 heavy (non-hydrogen) atoms. The highest BCUT2D eigenvalue weighted by Gasteiger charge is 2.46. The van der Waals surface area contributed by atoms with Crippen LogP contribution in [0.3, 0.4) is 0 Å². The smallest absolute Gasteiger partial charge is 0.124 e. The summed E-state index contributed by atoms with van der Waals surface area (Å²) in [6.07, 6.45) is 30.3. The number of allylic oxidation sites excluding steroid dienone is 12. The topological polar surface area (TPSA) is 9.23 Å². The third-order valence-corrected chi connectivity index (χ3v) is 11.5. The van der Waals surface area contributed by atoms with Crippen LogP contribution in [0.2, 0.25) is 0 Å². The van der Waals surface area contributed by atoms with Gasteiger partial charge in [0.25, 0.3) is 0 Å². The van der Waals surface area contributed by atoms with E-state index in [0.717, 1.165) is 25.0 Å². The van der Waals surface area contributed by atoms with Gasteiger partial charge >= 0.3 is 0 Å². The molecule has 0 aromatic heterocycles. The molecule has 3 aromatic rings. The van der Waals surface area contributed by atoms with Gasteiger partial charge in [-0.25, -0.2) is 0 Å². The van der Waals surface area contributed by atoms with E-state index in [1.807, 2.05) is 0 Å². The first-order valence-electron chi connectivity index (χ1n) is 16.7. The van der Waals surface area contributed by atoms with E-state index in [9.17, 15) is 0 Å². The van der Waals surface area contributed by atoms with Gasteiger partial charge in [0, 0.05) is 11.5 Å². The Morgan fingerprint density at radius 2 is 1.56 bits per heavy atom. The second-order valence-corrected chi connectivity index (χ2v) is 13.7. The summed E-state index contributed by atoms with van der Waals surface area (Å²) >= 11 is 0. The third-order valence-electron chi connectivity index (χ3n) is 11.5. The molecule has 0 N–H and O–H groups in total. The van der Waals surface area contributed by atoms with E-state index >= 15 is 0 Å². The fraction of sp³-hybridized carbons (Fsp3) is 0.333. The largest absolute Gasteiger partial charge is 0.489 e. The molecule has 1 fully saturated rings. The van der Waals surface area contributed by atoms with Gasteiger partial charge in [-0.15, -0.1) is 0 Å². The van der Waals surface area contributed by atoms with E-state index in [1.54, 1.807) is 11.1 Å². The number of hydrogen-bond donors (Lipinski definition) is 0. The zero-order valence-corrected chi connectivity index (χ0v) is 24.9. The van der Waals surface area contributed by atoms with Crippen molar-refractivity contribution in [1.29, 1.82) is 0 Å². The van der Waals surface area contributed by atoms with E-state index in [1.165, 1.54) is 58.7 Å². The molecule has 1 saturated carbocycles. The van der Waals surface area contributed by atoms with Crippen molar-refractivity contribution in [3.63, 3.8) is 0 Å². The maximum absolute atomic E-state index is 6.79. The summed E-state index contributed by atoms with van der Waals surface area (Å²) in [7, 11) is 0. The Morgan fingerprint density at radius 3 is 2.42 bits per heavy atom. The first-order chi connectivity index (χ1) is 21.3. The monoisotopic (exact) mass is 560 g/mol. The number of fused-ring (bicyclic) bond motifs is 6. The molecule has 5 aliphatic carbocycles. The predicted octanol–water partition coefficient (Wildman–Crippen LogP) is 10.6. The lowest BCUT2D eigenvalue weighted by atomic mass is 9.59. The quantitative estimate of drug-likeness (QED) is 0.310. The molecule has 7 atom stereocenters. The maximum Gasteiger partial charge on any atom is 0.124 e. The van der Waals surface area contributed by atoms with Gasteiger partial charge in [0.05, 0.1) is 0 Å². The molecule has 1 heterocycles. The van der Waals surface area contributed by atoms with Gasteiger partial charge in [-0.3, -0.25) is 0 Å². The van der Waals surface area contributed by atoms with Crippen LogP contribution < -0.4 is 4.74 Å². The Bertz CT molecular complexity index is 1780. The average molecular weight is 561 g/mol. The summed E-state index contributed by atoms with van der Waals surface area (Å²) in [6.45, 7) is 0. The molecule has 0 spiro atoms. The molecule has 3 aromatic carbocycles. The fourth-order valence-corrected chi connectivity index (χ4v) is 9.52. The Labute approximate surface area is 256 Å². The molecule has 1 heteroatoms. The summed E-state index contributed by atoms with van der Waals surface area (Å²) in [6, 6.07) is 22.9. The molecule has 0 saturated heterocycles. The van der Waals surface area contributed by atoms with Crippen LogP contribution in [-0.4, -0.2) is 6.10 Å². The number of ether oxygens (including phenoxy) is 1. The van der Waals surface area contributed by atoms with Crippen LogP contribution in [-0.2, 0) is 0 Å². The molecule has 0 radical (unpaired) electrons. The minimum absolute atomic E-state index is 0.301. The Hall–Kier alpha value is -3.84. The van der Waals surface area contributed by atoms with E-state index in [-0.39, 0.29) is 0 Å². The highest BCUT2D eigenvalue weighted by molar-refractivity contribution is 5.89. The number of rotatable bonds is 3. The Morgan fingerprint density at radius 1 is 0.698 bits per heavy atom. The lowest BCUT2D eigenvalue weighted by Gasteiger charge is -2.45. The first-order valence-corrected chi connectivity index (χ1v) is 16.7. The van der Waals surface area contributed by atoms with Gasteiger partial charge in [-0.1, -0.05) is 103 Å². The second-order valence-electron chi connectivity index (χ2n) is 13.7. The minimum atomic E-state index is 0.301. The highest BCUT2D eigenvalue weighted by Crippen LogP contribution is 2.57. The summed E-state index contributed by atoms with van der Waals surface area (Å²) in [5.74, 6) is 4.68. The van der Waals surface area contributed by atoms with Gasteiger partial charge in [0.2, 0.25) is 0 Å². The lowest BCUT2D eigenvalue weighted by molar-refractivity contribution is 0.108. The van der Waals surface area contributed by atoms with E-state index in [0.29, 0.717) is 41.6 Å². The Kier molecular flexibility index (Phi) is 6.20. The van der Waals surface area contributed by atoms with E-state index in [2.05, 4.69) is 115 Å². The lowest BCUT2D eigenvalue weighted by Crippen LogP contribution is -2.36. The van der Waals surface area contributed by atoms with Gasteiger partial charge in [0.15, 0.2) is 0 Å². The molecule has 214 valence electrons. The Balaban J connectivity index is 1.04. The first kappa shape index (κ1) is 25.6. The molecular formula is C42H40O. The summed E-state index contributed by atoms with van der Waals surface area (Å²) in [5.41, 5.74) is 9.05. The molecule has 9 rings (SSSR count). The van der Waals surface area contributed by atoms with Crippen LogP contribution in [0.15, 0.2) is 126 Å². The molecular weight excluding hydrogens is 520 g/mol. The van der Waals surface area contributed by atoms with Crippen LogP contribution in [0.5, 0.6) is 5.75 Å². The van der Waals surface area contributed by atoms with Crippen LogP contribution in [0.4, 0.5) is 0 Å². The van der Waals surface area contributed by atoms with E-state index < -0.39 is 0 Å². The zero-order chi connectivity index (χ0) is 28.3. The number of hydrogen-bond acceptors (Lipinski definition) is 1. The fourth-order valence-electron chi connectivity index (χ4n) is 9.52. The number of benzene rings is 3. The van der Waals surface area contributed by atoms with Crippen molar-refractivity contribution in [3.05, 3.63) is 143 Å². The van der Waals surface area contributed by atoms with E-state index in [4.69, 9.17) is 4.74 Å². The van der Waals surface area contributed by atoms with Crippen molar-refractivity contribution >= 4 is 16.3 Å². The van der Waals surface area contributed by atoms with Crippen molar-refractivity contribution in [1.82, 2.24) is 0 Å². The molecule has 6 aliphatic rings. The zero-order valence-electron chi connectivity index (χ0n) is 24.9.